The van der Waals surface area contributed by atoms with Gasteiger partial charge in [0.25, 0.3) is 5.91 Å². The van der Waals surface area contributed by atoms with Crippen molar-refractivity contribution >= 4 is 17.4 Å². The Hall–Kier alpha value is -3.21. The number of rotatable bonds is 3. The second-order valence-corrected chi connectivity index (χ2v) is 9.28. The number of likely N-dealkylation sites (tertiary alicyclic amines) is 1. The molecule has 2 aromatic heterocycles. The summed E-state index contributed by atoms with van der Waals surface area (Å²) in [6.45, 7) is 3.72. The number of carbonyl (C=O) groups excluding carboxylic acids is 1. The Bertz CT molecular complexity index is 1270. The van der Waals surface area contributed by atoms with Crippen LogP contribution in [-0.4, -0.2) is 51.1 Å². The highest BCUT2D eigenvalue weighted by Gasteiger charge is 2.41. The number of aromatic nitrogens is 3. The van der Waals surface area contributed by atoms with E-state index >= 15 is 0 Å². The number of fused-ring (bicyclic) bond motifs is 1. The molecule has 2 saturated heterocycles. The molecule has 5 rings (SSSR count). The molecule has 2 aliphatic rings. The van der Waals surface area contributed by atoms with Gasteiger partial charge in [-0.1, -0.05) is 6.07 Å². The minimum absolute atomic E-state index is 0.0964. The SMILES string of the molecule is Cc1cn2nc(C3CCCCN3C(=O)c3cccc(F)c3C(F)(F)F)cc2nc1N1CCC(N)C1. The van der Waals surface area contributed by atoms with Gasteiger partial charge in [0.05, 0.1) is 17.3 Å². The van der Waals surface area contributed by atoms with Crippen LogP contribution in [0.2, 0.25) is 0 Å². The zero-order chi connectivity index (χ0) is 24.9. The molecule has 35 heavy (non-hydrogen) atoms. The number of alkyl halides is 3. The molecule has 4 heterocycles. The lowest BCUT2D eigenvalue weighted by Crippen LogP contribution is -2.39. The van der Waals surface area contributed by atoms with E-state index in [1.807, 2.05) is 13.1 Å². The van der Waals surface area contributed by atoms with Crippen molar-refractivity contribution in [2.24, 2.45) is 5.73 Å². The van der Waals surface area contributed by atoms with Crippen LogP contribution in [0.5, 0.6) is 0 Å². The van der Waals surface area contributed by atoms with Crippen LogP contribution in [0.25, 0.3) is 5.65 Å². The van der Waals surface area contributed by atoms with Gasteiger partial charge in [-0.3, -0.25) is 4.79 Å². The number of hydrogen-bond acceptors (Lipinski definition) is 5. The molecule has 1 amide bonds. The van der Waals surface area contributed by atoms with Gasteiger partial charge in [-0.05, 0) is 44.7 Å². The molecule has 186 valence electrons. The van der Waals surface area contributed by atoms with Crippen molar-refractivity contribution < 1.29 is 22.4 Å². The highest BCUT2D eigenvalue weighted by Crippen LogP contribution is 2.37. The molecule has 3 aromatic rings. The molecule has 1 aromatic carbocycles. The fourth-order valence-corrected chi connectivity index (χ4v) is 5.11. The molecule has 0 aliphatic carbocycles. The van der Waals surface area contributed by atoms with E-state index in [-0.39, 0.29) is 12.6 Å². The summed E-state index contributed by atoms with van der Waals surface area (Å²) in [6.07, 6.45) is -0.270. The molecule has 0 bridgehead atoms. The van der Waals surface area contributed by atoms with Crippen molar-refractivity contribution in [1.29, 1.82) is 0 Å². The average Bonchev–Trinajstić information content (AvgIpc) is 3.42. The fourth-order valence-electron chi connectivity index (χ4n) is 5.11. The predicted molar refractivity (Wildman–Crippen MR) is 122 cm³/mol. The second-order valence-electron chi connectivity index (χ2n) is 9.28. The molecule has 11 heteroatoms. The van der Waals surface area contributed by atoms with E-state index in [1.54, 1.807) is 10.6 Å². The molecule has 2 fully saturated rings. The summed E-state index contributed by atoms with van der Waals surface area (Å²) in [4.78, 5) is 21.6. The van der Waals surface area contributed by atoms with Crippen LogP contribution in [-0.2, 0) is 6.18 Å². The summed E-state index contributed by atoms with van der Waals surface area (Å²) in [5.74, 6) is -1.49. The fraction of sp³-hybridized carbons (Fsp3) is 0.458. The molecular weight excluding hydrogens is 464 g/mol. The van der Waals surface area contributed by atoms with Crippen LogP contribution in [0.3, 0.4) is 0 Å². The van der Waals surface area contributed by atoms with Gasteiger partial charge < -0.3 is 15.5 Å². The zero-order valence-corrected chi connectivity index (χ0v) is 19.2. The van der Waals surface area contributed by atoms with Crippen LogP contribution < -0.4 is 10.6 Å². The van der Waals surface area contributed by atoms with Crippen LogP contribution in [0, 0.1) is 12.7 Å². The number of benzene rings is 1. The molecule has 0 saturated carbocycles. The minimum Gasteiger partial charge on any atom is -0.355 e. The number of nitrogens with two attached hydrogens (primary N) is 1. The van der Waals surface area contributed by atoms with E-state index in [0.29, 0.717) is 36.8 Å². The van der Waals surface area contributed by atoms with Gasteiger partial charge in [0, 0.05) is 43.5 Å². The third kappa shape index (κ3) is 4.33. The third-order valence-electron chi connectivity index (χ3n) is 6.78. The van der Waals surface area contributed by atoms with Crippen LogP contribution in [0.1, 0.15) is 58.9 Å². The Morgan fingerprint density at radius 3 is 2.69 bits per heavy atom. The van der Waals surface area contributed by atoms with Crippen molar-refractivity contribution in [3.05, 3.63) is 58.7 Å². The molecule has 0 spiro atoms. The summed E-state index contributed by atoms with van der Waals surface area (Å²) in [6, 6.07) is 4.20. The first-order valence-electron chi connectivity index (χ1n) is 11.7. The van der Waals surface area contributed by atoms with Gasteiger partial charge in [-0.2, -0.15) is 18.3 Å². The lowest BCUT2D eigenvalue weighted by Gasteiger charge is -2.35. The van der Waals surface area contributed by atoms with E-state index in [9.17, 15) is 22.4 Å². The van der Waals surface area contributed by atoms with Crippen LogP contribution in [0.15, 0.2) is 30.5 Å². The summed E-state index contributed by atoms with van der Waals surface area (Å²) in [5.41, 5.74) is 5.88. The topological polar surface area (TPSA) is 79.8 Å². The number of carbonyl (C=O) groups is 1. The monoisotopic (exact) mass is 490 g/mol. The number of amides is 1. The third-order valence-corrected chi connectivity index (χ3v) is 6.78. The first-order valence-corrected chi connectivity index (χ1v) is 11.7. The number of hydrogen-bond donors (Lipinski definition) is 1. The van der Waals surface area contributed by atoms with E-state index in [4.69, 9.17) is 10.7 Å². The van der Waals surface area contributed by atoms with Gasteiger partial charge in [0.2, 0.25) is 0 Å². The Labute approximate surface area is 199 Å². The number of piperidine rings is 1. The summed E-state index contributed by atoms with van der Waals surface area (Å²) in [7, 11) is 0. The number of anilines is 1. The standard InChI is InChI=1S/C24H26F4N6O/c1-14-12-34-20(30-22(14)32-10-8-15(29)13-32)11-18(31-34)19-7-2-3-9-33(19)23(35)16-5-4-6-17(25)21(16)24(26,27)28/h4-6,11-12,15,19H,2-3,7-10,13,29H2,1H3. The van der Waals surface area contributed by atoms with Gasteiger partial charge in [0.15, 0.2) is 5.65 Å². The van der Waals surface area contributed by atoms with Crippen LogP contribution in [0.4, 0.5) is 23.4 Å². The van der Waals surface area contributed by atoms with Gasteiger partial charge in [-0.15, -0.1) is 0 Å². The van der Waals surface area contributed by atoms with Crippen molar-refractivity contribution in [3.8, 4) is 0 Å². The Morgan fingerprint density at radius 1 is 1.17 bits per heavy atom. The minimum atomic E-state index is -4.99. The first-order chi connectivity index (χ1) is 16.6. The number of aryl methyl sites for hydroxylation is 1. The largest absolute Gasteiger partial charge is 0.420 e. The highest BCUT2D eigenvalue weighted by molar-refractivity contribution is 5.96. The second kappa shape index (κ2) is 8.78. The lowest BCUT2D eigenvalue weighted by atomic mass is 9.96. The maximum Gasteiger partial charge on any atom is 0.420 e. The van der Waals surface area contributed by atoms with E-state index in [1.165, 1.54) is 4.90 Å². The van der Waals surface area contributed by atoms with Gasteiger partial charge in [0.1, 0.15) is 17.2 Å². The van der Waals surface area contributed by atoms with Crippen molar-refractivity contribution in [2.45, 2.75) is 50.9 Å². The molecule has 2 unspecified atom stereocenters. The lowest BCUT2D eigenvalue weighted by molar-refractivity contribution is -0.140. The van der Waals surface area contributed by atoms with Crippen molar-refractivity contribution in [2.75, 3.05) is 24.5 Å². The molecule has 2 N–H and O–H groups in total. The van der Waals surface area contributed by atoms with Crippen LogP contribution >= 0.6 is 0 Å². The maximum atomic E-state index is 14.1. The summed E-state index contributed by atoms with van der Waals surface area (Å²) in [5, 5.41) is 4.62. The summed E-state index contributed by atoms with van der Waals surface area (Å²) >= 11 is 0. The number of nitrogens with zero attached hydrogens (tertiary/aromatic N) is 5. The predicted octanol–water partition coefficient (Wildman–Crippen LogP) is 4.10. The molecule has 0 radical (unpaired) electrons. The quantitative estimate of drug-likeness (QED) is 0.560. The van der Waals surface area contributed by atoms with Gasteiger partial charge >= 0.3 is 6.18 Å². The van der Waals surface area contributed by atoms with E-state index in [0.717, 1.165) is 42.9 Å². The molecular formula is C24H26F4N6O. The summed E-state index contributed by atoms with van der Waals surface area (Å²) < 4.78 is 56.5. The van der Waals surface area contributed by atoms with Crippen molar-refractivity contribution in [3.63, 3.8) is 0 Å². The highest BCUT2D eigenvalue weighted by atomic mass is 19.4. The average molecular weight is 491 g/mol. The Balaban J connectivity index is 1.50. The molecule has 2 atom stereocenters. The van der Waals surface area contributed by atoms with Gasteiger partial charge in [-0.25, -0.2) is 13.9 Å². The van der Waals surface area contributed by atoms with E-state index < -0.39 is 35.1 Å². The first kappa shape index (κ1) is 23.5. The smallest absolute Gasteiger partial charge is 0.355 e. The normalized spacial score (nSPS) is 21.2. The molecule has 2 aliphatic heterocycles. The zero-order valence-electron chi connectivity index (χ0n) is 19.2. The Kier molecular flexibility index (Phi) is 5.90. The van der Waals surface area contributed by atoms with Crippen molar-refractivity contribution in [1.82, 2.24) is 19.5 Å². The molecule has 7 nitrogen and oxygen atoms in total. The maximum absolute atomic E-state index is 14.1. The Morgan fingerprint density at radius 2 is 1.97 bits per heavy atom. The van der Waals surface area contributed by atoms with E-state index in [2.05, 4.69) is 10.00 Å². The number of halogens is 4.